The van der Waals surface area contributed by atoms with Gasteiger partial charge in [-0.15, -0.1) is 11.3 Å². The van der Waals surface area contributed by atoms with E-state index in [1.807, 2.05) is 17.5 Å². The normalized spacial score (nSPS) is 18.6. The minimum atomic E-state index is -0.255. The molecular formula is C26H32BrN5OS. The summed E-state index contributed by atoms with van der Waals surface area (Å²) in [6, 6.07) is 17.4. The molecule has 2 aromatic carbocycles. The van der Waals surface area contributed by atoms with Crippen molar-refractivity contribution in [3.05, 3.63) is 75.2 Å². The lowest BCUT2D eigenvalue weighted by molar-refractivity contribution is 0.251. The molecule has 2 amide bonds. The zero-order valence-corrected chi connectivity index (χ0v) is 22.5. The van der Waals surface area contributed by atoms with Crippen molar-refractivity contribution in [2.45, 2.75) is 51.7 Å². The van der Waals surface area contributed by atoms with Crippen LogP contribution in [0.4, 0.5) is 15.6 Å². The van der Waals surface area contributed by atoms with Gasteiger partial charge in [0.2, 0.25) is 0 Å². The Bertz CT molecular complexity index is 1100. The molecule has 4 rings (SSSR count). The van der Waals surface area contributed by atoms with Crippen LogP contribution in [0.3, 0.4) is 0 Å². The van der Waals surface area contributed by atoms with Crippen LogP contribution in [0.15, 0.2) is 58.4 Å². The summed E-state index contributed by atoms with van der Waals surface area (Å²) >= 11 is 4.92. The number of carbonyl (C=O) groups excluding carboxylic acids is 1. The first-order chi connectivity index (χ1) is 16.2. The summed E-state index contributed by atoms with van der Waals surface area (Å²) in [6.07, 6.45) is 0. The Morgan fingerprint density at radius 3 is 2.41 bits per heavy atom. The summed E-state index contributed by atoms with van der Waals surface area (Å²) in [7, 11) is 0. The Balaban J connectivity index is 1.31. The maximum Gasteiger partial charge on any atom is 0.321 e. The number of nitrogens with one attached hydrogen (secondary N) is 3. The average Bonchev–Trinajstić information content (AvgIpc) is 3.27. The van der Waals surface area contributed by atoms with E-state index in [2.05, 4.69) is 106 Å². The van der Waals surface area contributed by atoms with E-state index in [4.69, 9.17) is 0 Å². The van der Waals surface area contributed by atoms with Crippen LogP contribution < -0.4 is 20.9 Å². The van der Waals surface area contributed by atoms with Gasteiger partial charge >= 0.3 is 6.03 Å². The van der Waals surface area contributed by atoms with Crippen molar-refractivity contribution in [1.82, 2.24) is 15.6 Å². The minimum Gasteiger partial charge on any atom is -0.368 e. The number of nitrogens with zero attached hydrogens (tertiary/aromatic N) is 2. The minimum absolute atomic E-state index is 0.254. The molecule has 1 saturated heterocycles. The summed E-state index contributed by atoms with van der Waals surface area (Å²) in [4.78, 5) is 19.5. The lowest BCUT2D eigenvalue weighted by Gasteiger charge is -2.37. The third-order valence-corrected chi connectivity index (χ3v) is 7.53. The molecule has 2 unspecified atom stereocenters. The third-order valence-electron chi connectivity index (χ3n) is 6.24. The van der Waals surface area contributed by atoms with E-state index in [0.717, 1.165) is 28.8 Å². The number of thiazole rings is 1. The molecule has 8 heteroatoms. The van der Waals surface area contributed by atoms with Crippen LogP contribution in [0.5, 0.6) is 0 Å². The van der Waals surface area contributed by atoms with Crippen LogP contribution in [0, 0.1) is 0 Å². The number of piperazine rings is 1. The quantitative estimate of drug-likeness (QED) is 0.372. The first-order valence-electron chi connectivity index (χ1n) is 11.6. The Morgan fingerprint density at radius 2 is 1.76 bits per heavy atom. The fourth-order valence-electron chi connectivity index (χ4n) is 4.32. The van der Waals surface area contributed by atoms with Crippen LogP contribution in [-0.4, -0.2) is 36.2 Å². The lowest BCUT2D eigenvalue weighted by Crippen LogP contribution is -2.54. The van der Waals surface area contributed by atoms with E-state index in [1.54, 1.807) is 0 Å². The number of benzene rings is 2. The highest BCUT2D eigenvalue weighted by molar-refractivity contribution is 9.10. The number of hydrogen-bond acceptors (Lipinski definition) is 5. The molecule has 0 bridgehead atoms. The van der Waals surface area contributed by atoms with Gasteiger partial charge in [0, 0.05) is 52.7 Å². The van der Waals surface area contributed by atoms with Crippen molar-refractivity contribution >= 4 is 44.1 Å². The maximum absolute atomic E-state index is 12.5. The van der Waals surface area contributed by atoms with Crippen molar-refractivity contribution in [1.29, 1.82) is 0 Å². The van der Waals surface area contributed by atoms with Crippen molar-refractivity contribution in [2.75, 3.05) is 23.3 Å². The number of hydrogen-bond donors (Lipinski definition) is 3. The molecule has 3 aromatic rings. The average molecular weight is 543 g/mol. The molecule has 0 spiro atoms. The van der Waals surface area contributed by atoms with Crippen LogP contribution in [0.2, 0.25) is 0 Å². The molecule has 2 atom stereocenters. The molecule has 0 saturated carbocycles. The molecule has 6 nitrogen and oxygen atoms in total. The molecular weight excluding hydrogens is 510 g/mol. The molecule has 180 valence electrons. The van der Waals surface area contributed by atoms with Gasteiger partial charge in [0.15, 0.2) is 5.13 Å². The molecule has 0 aliphatic carbocycles. The van der Waals surface area contributed by atoms with E-state index in [9.17, 15) is 4.79 Å². The molecule has 34 heavy (non-hydrogen) atoms. The SMILES string of the molecule is CC1CN(c2ccc(CNC(=O)Nc3nc(C(C)(C)c4ccc(Br)cc4)cs3)cc2)CC(C)N1. The Morgan fingerprint density at radius 1 is 1.12 bits per heavy atom. The van der Waals surface area contributed by atoms with Gasteiger partial charge in [0.1, 0.15) is 0 Å². The molecule has 1 aliphatic rings. The second-order valence-corrected chi connectivity index (χ2v) is 11.3. The highest BCUT2D eigenvalue weighted by atomic mass is 79.9. The van der Waals surface area contributed by atoms with Gasteiger partial charge in [0.05, 0.1) is 5.69 Å². The number of halogens is 1. The van der Waals surface area contributed by atoms with Crippen molar-refractivity contribution < 1.29 is 4.79 Å². The monoisotopic (exact) mass is 541 g/mol. The first-order valence-corrected chi connectivity index (χ1v) is 13.2. The van der Waals surface area contributed by atoms with Gasteiger partial charge in [-0.3, -0.25) is 5.32 Å². The topological polar surface area (TPSA) is 69.3 Å². The van der Waals surface area contributed by atoms with Crippen molar-refractivity contribution in [3.63, 3.8) is 0 Å². The van der Waals surface area contributed by atoms with Gasteiger partial charge in [-0.1, -0.05) is 54.0 Å². The summed E-state index contributed by atoms with van der Waals surface area (Å²) in [6.45, 7) is 11.2. The number of amides is 2. The second-order valence-electron chi connectivity index (χ2n) is 9.52. The first kappa shape index (κ1) is 24.7. The number of aromatic nitrogens is 1. The Labute approximate surface area is 214 Å². The molecule has 0 radical (unpaired) electrons. The second kappa shape index (κ2) is 10.5. The van der Waals surface area contributed by atoms with Crippen LogP contribution >= 0.6 is 27.3 Å². The largest absolute Gasteiger partial charge is 0.368 e. The van der Waals surface area contributed by atoms with E-state index >= 15 is 0 Å². The highest BCUT2D eigenvalue weighted by Gasteiger charge is 2.26. The van der Waals surface area contributed by atoms with E-state index < -0.39 is 0 Å². The Hall–Kier alpha value is -2.42. The zero-order chi connectivity index (χ0) is 24.3. The summed E-state index contributed by atoms with van der Waals surface area (Å²) in [5.41, 5.74) is 4.13. The van der Waals surface area contributed by atoms with E-state index in [1.165, 1.54) is 22.6 Å². The van der Waals surface area contributed by atoms with Gasteiger partial charge in [-0.25, -0.2) is 9.78 Å². The summed E-state index contributed by atoms with van der Waals surface area (Å²) in [5.74, 6) is 0. The summed E-state index contributed by atoms with van der Waals surface area (Å²) < 4.78 is 1.05. The number of anilines is 2. The molecule has 1 fully saturated rings. The van der Waals surface area contributed by atoms with Gasteiger partial charge in [-0.2, -0.15) is 0 Å². The zero-order valence-electron chi connectivity index (χ0n) is 20.1. The summed E-state index contributed by atoms with van der Waals surface area (Å²) in [5, 5.41) is 12.0. The Kier molecular flexibility index (Phi) is 7.60. The predicted octanol–water partition coefficient (Wildman–Crippen LogP) is 5.74. The lowest BCUT2D eigenvalue weighted by atomic mass is 9.82. The number of urea groups is 1. The maximum atomic E-state index is 12.5. The van der Waals surface area contributed by atoms with Crippen LogP contribution in [-0.2, 0) is 12.0 Å². The van der Waals surface area contributed by atoms with Crippen molar-refractivity contribution in [3.8, 4) is 0 Å². The van der Waals surface area contributed by atoms with Crippen molar-refractivity contribution in [2.24, 2.45) is 0 Å². The third kappa shape index (κ3) is 5.98. The smallest absolute Gasteiger partial charge is 0.321 e. The van der Waals surface area contributed by atoms with Gasteiger partial charge in [0.25, 0.3) is 0 Å². The standard InChI is InChI=1S/C26H32BrN5OS/c1-17-14-32(15-18(2)29-17)22-11-5-19(6-12-22)13-28-24(33)31-25-30-23(16-34-25)26(3,4)20-7-9-21(27)10-8-20/h5-12,16-18,29H,13-15H2,1-4H3,(H2,28,30,31,33). The predicted molar refractivity (Wildman–Crippen MR) is 145 cm³/mol. The fraction of sp³-hybridized carbons (Fsp3) is 0.385. The number of carbonyl (C=O) groups is 1. The van der Waals surface area contributed by atoms with Gasteiger partial charge < -0.3 is 15.5 Å². The van der Waals surface area contributed by atoms with E-state index in [0.29, 0.717) is 23.8 Å². The molecule has 2 heterocycles. The molecule has 1 aromatic heterocycles. The highest BCUT2D eigenvalue weighted by Crippen LogP contribution is 2.34. The van der Waals surface area contributed by atoms with Crippen LogP contribution in [0.25, 0.3) is 0 Å². The molecule has 3 N–H and O–H groups in total. The number of rotatable bonds is 6. The van der Waals surface area contributed by atoms with Gasteiger partial charge in [-0.05, 0) is 49.2 Å². The molecule has 1 aliphatic heterocycles. The van der Waals surface area contributed by atoms with E-state index in [-0.39, 0.29) is 11.4 Å². The van der Waals surface area contributed by atoms with Crippen LogP contribution in [0.1, 0.15) is 44.5 Å². The fourth-order valence-corrected chi connectivity index (χ4v) is 5.46.